The van der Waals surface area contributed by atoms with Crippen molar-refractivity contribution in [1.82, 2.24) is 10.2 Å². The van der Waals surface area contributed by atoms with Gasteiger partial charge in [0, 0.05) is 12.6 Å². The summed E-state index contributed by atoms with van der Waals surface area (Å²) in [7, 11) is 0. The summed E-state index contributed by atoms with van der Waals surface area (Å²) >= 11 is 0. The van der Waals surface area contributed by atoms with Gasteiger partial charge in [-0.05, 0) is 63.6 Å². The van der Waals surface area contributed by atoms with Crippen LogP contribution in [0.15, 0.2) is 0 Å². The van der Waals surface area contributed by atoms with Crippen LogP contribution in [0.25, 0.3) is 0 Å². The van der Waals surface area contributed by atoms with Crippen molar-refractivity contribution in [1.29, 1.82) is 0 Å². The molecule has 0 aromatic heterocycles. The van der Waals surface area contributed by atoms with Gasteiger partial charge in [-0.2, -0.15) is 0 Å². The predicted molar refractivity (Wildman–Crippen MR) is 78.9 cm³/mol. The fraction of sp³-hybridized carbons (Fsp3) is 1.00. The van der Waals surface area contributed by atoms with Crippen LogP contribution >= 0.6 is 0 Å². The Morgan fingerprint density at radius 3 is 2.83 bits per heavy atom. The molecule has 106 valence electrons. The van der Waals surface area contributed by atoms with E-state index in [2.05, 4.69) is 24.1 Å². The smallest absolute Gasteiger partial charge is 0.00979 e. The van der Waals surface area contributed by atoms with Gasteiger partial charge >= 0.3 is 0 Å². The molecule has 0 aromatic carbocycles. The Labute approximate surface area is 114 Å². The molecule has 18 heavy (non-hydrogen) atoms. The van der Waals surface area contributed by atoms with Crippen molar-refractivity contribution < 1.29 is 0 Å². The highest BCUT2D eigenvalue weighted by Crippen LogP contribution is 2.30. The molecular weight excluding hydrogens is 220 g/mol. The maximum atomic E-state index is 3.61. The largest absolute Gasteiger partial charge is 0.316 e. The molecule has 1 aliphatic heterocycles. The van der Waals surface area contributed by atoms with E-state index in [1.165, 1.54) is 71.1 Å². The van der Waals surface area contributed by atoms with Crippen LogP contribution < -0.4 is 5.32 Å². The number of nitrogens with one attached hydrogen (secondary N) is 1. The van der Waals surface area contributed by atoms with E-state index in [0.717, 1.165) is 17.9 Å². The lowest BCUT2D eigenvalue weighted by Gasteiger charge is -2.41. The van der Waals surface area contributed by atoms with Gasteiger partial charge in [-0.3, -0.25) is 0 Å². The molecule has 2 nitrogen and oxygen atoms in total. The first-order chi connectivity index (χ1) is 8.79. The van der Waals surface area contributed by atoms with E-state index in [0.29, 0.717) is 0 Å². The number of hydrogen-bond acceptors (Lipinski definition) is 2. The van der Waals surface area contributed by atoms with Gasteiger partial charge in [-0.25, -0.2) is 0 Å². The van der Waals surface area contributed by atoms with Crippen molar-refractivity contribution in [2.24, 2.45) is 11.8 Å². The zero-order chi connectivity index (χ0) is 12.8. The van der Waals surface area contributed by atoms with E-state index >= 15 is 0 Å². The molecule has 3 atom stereocenters. The zero-order valence-electron chi connectivity index (χ0n) is 12.5. The molecule has 1 saturated heterocycles. The van der Waals surface area contributed by atoms with Gasteiger partial charge in [-0.1, -0.05) is 26.7 Å². The Hall–Kier alpha value is -0.0800. The van der Waals surface area contributed by atoms with E-state index in [-0.39, 0.29) is 0 Å². The standard InChI is InChI=1S/C16H32N2/c1-3-9-17-12-15-7-5-10-18(13-15)16-8-4-6-14(2)11-16/h14-17H,3-13H2,1-2H3. The normalized spacial score (nSPS) is 34.7. The third kappa shape index (κ3) is 4.24. The Balaban J connectivity index is 1.75. The van der Waals surface area contributed by atoms with Crippen molar-refractivity contribution in [3.05, 3.63) is 0 Å². The van der Waals surface area contributed by atoms with Gasteiger partial charge in [-0.15, -0.1) is 0 Å². The summed E-state index contributed by atoms with van der Waals surface area (Å²) in [5, 5.41) is 3.61. The average molecular weight is 252 g/mol. The summed E-state index contributed by atoms with van der Waals surface area (Å²) in [6.07, 6.45) is 9.96. The lowest BCUT2D eigenvalue weighted by atomic mass is 9.84. The van der Waals surface area contributed by atoms with Crippen LogP contribution in [0.4, 0.5) is 0 Å². The number of nitrogens with zero attached hydrogens (tertiary/aromatic N) is 1. The van der Waals surface area contributed by atoms with Gasteiger partial charge in [0.15, 0.2) is 0 Å². The fourth-order valence-corrected chi connectivity index (χ4v) is 3.81. The van der Waals surface area contributed by atoms with Gasteiger partial charge < -0.3 is 10.2 Å². The summed E-state index contributed by atoms with van der Waals surface area (Å²) in [5.41, 5.74) is 0. The highest BCUT2D eigenvalue weighted by Gasteiger charge is 2.28. The first kappa shape index (κ1) is 14.3. The monoisotopic (exact) mass is 252 g/mol. The molecule has 0 radical (unpaired) electrons. The summed E-state index contributed by atoms with van der Waals surface area (Å²) in [4.78, 5) is 2.82. The predicted octanol–water partition coefficient (Wildman–Crippen LogP) is 3.28. The molecule has 0 bridgehead atoms. The van der Waals surface area contributed by atoms with Crippen LogP contribution in [0.1, 0.15) is 58.8 Å². The minimum Gasteiger partial charge on any atom is -0.316 e. The lowest BCUT2D eigenvalue weighted by molar-refractivity contribution is 0.0849. The molecule has 1 heterocycles. The zero-order valence-corrected chi connectivity index (χ0v) is 12.5. The molecule has 1 saturated carbocycles. The molecule has 2 aliphatic rings. The second kappa shape index (κ2) is 7.49. The Morgan fingerprint density at radius 2 is 2.06 bits per heavy atom. The Bertz CT molecular complexity index is 229. The molecule has 1 N–H and O–H groups in total. The SMILES string of the molecule is CCCNCC1CCCN(C2CCCC(C)C2)C1. The molecule has 3 unspecified atom stereocenters. The van der Waals surface area contributed by atoms with Crippen LogP contribution in [0.5, 0.6) is 0 Å². The lowest BCUT2D eigenvalue weighted by Crippen LogP contribution is -2.46. The van der Waals surface area contributed by atoms with Crippen molar-refractivity contribution in [3.63, 3.8) is 0 Å². The minimum atomic E-state index is 0.905. The quantitative estimate of drug-likeness (QED) is 0.755. The molecule has 0 spiro atoms. The van der Waals surface area contributed by atoms with E-state index in [9.17, 15) is 0 Å². The van der Waals surface area contributed by atoms with Gasteiger partial charge in [0.1, 0.15) is 0 Å². The molecule has 2 heteroatoms. The molecule has 2 fully saturated rings. The molecule has 2 rings (SSSR count). The van der Waals surface area contributed by atoms with Crippen molar-refractivity contribution in [3.8, 4) is 0 Å². The average Bonchev–Trinajstić information content (AvgIpc) is 2.39. The van der Waals surface area contributed by atoms with Crippen LogP contribution in [-0.2, 0) is 0 Å². The van der Waals surface area contributed by atoms with Gasteiger partial charge in [0.2, 0.25) is 0 Å². The van der Waals surface area contributed by atoms with E-state index in [1.54, 1.807) is 0 Å². The fourth-order valence-electron chi connectivity index (χ4n) is 3.81. The highest BCUT2D eigenvalue weighted by molar-refractivity contribution is 4.83. The third-order valence-electron chi connectivity index (χ3n) is 4.84. The maximum Gasteiger partial charge on any atom is 0.00979 e. The summed E-state index contributed by atoms with van der Waals surface area (Å²) in [5.74, 6) is 1.87. The van der Waals surface area contributed by atoms with E-state index in [1.807, 2.05) is 0 Å². The van der Waals surface area contributed by atoms with Crippen LogP contribution in [0.3, 0.4) is 0 Å². The Morgan fingerprint density at radius 1 is 1.17 bits per heavy atom. The molecule has 1 aliphatic carbocycles. The second-order valence-corrected chi connectivity index (χ2v) is 6.63. The van der Waals surface area contributed by atoms with E-state index in [4.69, 9.17) is 0 Å². The summed E-state index contributed by atoms with van der Waals surface area (Å²) < 4.78 is 0. The number of piperidine rings is 1. The second-order valence-electron chi connectivity index (χ2n) is 6.63. The molecular formula is C16H32N2. The minimum absolute atomic E-state index is 0.905. The van der Waals surface area contributed by atoms with Crippen LogP contribution in [0.2, 0.25) is 0 Å². The van der Waals surface area contributed by atoms with Crippen molar-refractivity contribution >= 4 is 0 Å². The highest BCUT2D eigenvalue weighted by atomic mass is 15.2. The van der Waals surface area contributed by atoms with Gasteiger partial charge in [0.05, 0.1) is 0 Å². The molecule has 0 amide bonds. The van der Waals surface area contributed by atoms with E-state index < -0.39 is 0 Å². The Kier molecular flexibility index (Phi) is 5.97. The number of likely N-dealkylation sites (tertiary alicyclic amines) is 1. The van der Waals surface area contributed by atoms with Crippen LogP contribution in [-0.4, -0.2) is 37.1 Å². The summed E-state index contributed by atoms with van der Waals surface area (Å²) in [6, 6.07) is 0.905. The molecule has 0 aromatic rings. The first-order valence-corrected chi connectivity index (χ1v) is 8.24. The topological polar surface area (TPSA) is 15.3 Å². The van der Waals surface area contributed by atoms with Crippen molar-refractivity contribution in [2.75, 3.05) is 26.2 Å². The number of rotatable bonds is 5. The summed E-state index contributed by atoms with van der Waals surface area (Å²) in [6.45, 7) is 9.85. The van der Waals surface area contributed by atoms with Crippen LogP contribution in [0, 0.1) is 11.8 Å². The van der Waals surface area contributed by atoms with Crippen molar-refractivity contribution in [2.45, 2.75) is 64.8 Å². The first-order valence-electron chi connectivity index (χ1n) is 8.24. The van der Waals surface area contributed by atoms with Gasteiger partial charge in [0.25, 0.3) is 0 Å². The number of hydrogen-bond donors (Lipinski definition) is 1. The maximum absolute atomic E-state index is 3.61. The third-order valence-corrected chi connectivity index (χ3v) is 4.84.